The number of benzene rings is 2. The van der Waals surface area contributed by atoms with Gasteiger partial charge in [0.05, 0.1) is 22.2 Å². The van der Waals surface area contributed by atoms with E-state index in [9.17, 15) is 9.59 Å². The number of hydrogen-bond donors (Lipinski definition) is 1. The molecule has 0 radical (unpaired) electrons. The highest BCUT2D eigenvalue weighted by Gasteiger charge is 2.14. The average Bonchev–Trinajstić information content (AvgIpc) is 3.18. The summed E-state index contributed by atoms with van der Waals surface area (Å²) in [6, 6.07) is 16.1. The number of H-pyrrole nitrogens is 1. The fraction of sp³-hybridized carbons (Fsp3) is 0.190. The van der Waals surface area contributed by atoms with Gasteiger partial charge in [-0.2, -0.15) is 0 Å². The first-order valence-corrected chi connectivity index (χ1v) is 9.58. The molecule has 0 aliphatic carbocycles. The Hall–Kier alpha value is -2.99. The van der Waals surface area contributed by atoms with E-state index in [0.717, 1.165) is 27.2 Å². The monoisotopic (exact) mass is 377 g/mol. The van der Waals surface area contributed by atoms with Gasteiger partial charge < -0.3 is 9.55 Å². The molecule has 0 saturated heterocycles. The fourth-order valence-corrected chi connectivity index (χ4v) is 3.97. The average molecular weight is 377 g/mol. The number of hydrogen-bond acceptors (Lipinski definition) is 4. The van der Waals surface area contributed by atoms with Crippen molar-refractivity contribution in [1.29, 1.82) is 0 Å². The van der Waals surface area contributed by atoms with Gasteiger partial charge in [-0.15, -0.1) is 0 Å². The van der Waals surface area contributed by atoms with Gasteiger partial charge in [0.2, 0.25) is 0 Å². The van der Waals surface area contributed by atoms with Crippen molar-refractivity contribution in [3.63, 3.8) is 0 Å². The van der Waals surface area contributed by atoms with E-state index in [1.807, 2.05) is 41.0 Å². The second kappa shape index (κ2) is 7.32. The van der Waals surface area contributed by atoms with Gasteiger partial charge in [-0.05, 0) is 30.2 Å². The molecular weight excluding hydrogens is 358 g/mol. The number of fused-ring (bicyclic) bond motifs is 1. The summed E-state index contributed by atoms with van der Waals surface area (Å²) in [6.07, 6.45) is 2.87. The summed E-state index contributed by atoms with van der Waals surface area (Å²) < 4.78 is 2.98. The highest BCUT2D eigenvalue weighted by Crippen LogP contribution is 2.19. The third-order valence-corrected chi connectivity index (χ3v) is 5.36. The Kier molecular flexibility index (Phi) is 4.73. The fourth-order valence-electron chi connectivity index (χ4n) is 3.26. The molecule has 0 spiro atoms. The normalized spacial score (nSPS) is 11.1. The van der Waals surface area contributed by atoms with E-state index in [-0.39, 0.29) is 10.7 Å². The van der Waals surface area contributed by atoms with Gasteiger partial charge in [0, 0.05) is 25.1 Å². The van der Waals surface area contributed by atoms with Crippen molar-refractivity contribution in [2.75, 3.05) is 0 Å². The van der Waals surface area contributed by atoms with Crippen LogP contribution < -0.4 is 4.87 Å². The largest absolute Gasteiger partial charge is 0.329 e. The molecule has 0 bridgehead atoms. The molecule has 1 N–H and O–H groups in total. The maximum atomic E-state index is 11.8. The van der Waals surface area contributed by atoms with Crippen LogP contribution in [-0.4, -0.2) is 20.3 Å². The molecule has 136 valence electrons. The van der Waals surface area contributed by atoms with Crippen LogP contribution in [0.1, 0.15) is 29.4 Å². The highest BCUT2D eigenvalue weighted by molar-refractivity contribution is 7.16. The summed E-state index contributed by atoms with van der Waals surface area (Å²) in [7, 11) is 0. The minimum atomic E-state index is -0.0489. The van der Waals surface area contributed by atoms with Gasteiger partial charge >= 0.3 is 4.87 Å². The van der Waals surface area contributed by atoms with E-state index in [1.54, 1.807) is 13.3 Å². The van der Waals surface area contributed by atoms with E-state index in [1.165, 1.54) is 16.9 Å². The Morgan fingerprint density at radius 1 is 1.15 bits per heavy atom. The van der Waals surface area contributed by atoms with Gasteiger partial charge in [-0.1, -0.05) is 47.7 Å². The number of carbonyl (C=O) groups is 1. The number of nitrogens with one attached hydrogen (secondary N) is 1. The molecular formula is C21H19N3O2S. The van der Waals surface area contributed by atoms with E-state index in [2.05, 4.69) is 22.1 Å². The molecule has 6 heteroatoms. The Morgan fingerprint density at radius 3 is 2.74 bits per heavy atom. The number of aromatic nitrogens is 3. The summed E-state index contributed by atoms with van der Waals surface area (Å²) in [5.74, 6) is 0.115. The lowest BCUT2D eigenvalue weighted by molar-refractivity contribution is -0.116. The molecule has 0 aliphatic rings. The third kappa shape index (κ3) is 3.90. The zero-order valence-electron chi connectivity index (χ0n) is 14.9. The second-order valence-electron chi connectivity index (χ2n) is 6.65. The number of aromatic amines is 1. The number of carbonyl (C=O) groups excluding carboxylic acids is 1. The zero-order valence-corrected chi connectivity index (χ0v) is 15.8. The van der Waals surface area contributed by atoms with E-state index >= 15 is 0 Å². The third-order valence-electron chi connectivity index (χ3n) is 4.50. The quantitative estimate of drug-likeness (QED) is 0.559. The minimum Gasteiger partial charge on any atom is -0.329 e. The Morgan fingerprint density at radius 2 is 1.96 bits per heavy atom. The lowest BCUT2D eigenvalue weighted by Gasteiger charge is -2.10. The van der Waals surface area contributed by atoms with Crippen LogP contribution >= 0.6 is 11.3 Å². The molecule has 0 fully saturated rings. The summed E-state index contributed by atoms with van der Waals surface area (Å²) in [5, 5.41) is 0. The van der Waals surface area contributed by atoms with Gasteiger partial charge in [-0.25, -0.2) is 4.98 Å². The summed E-state index contributed by atoms with van der Waals surface area (Å²) in [6.45, 7) is 2.21. The van der Waals surface area contributed by atoms with Crippen LogP contribution in [0.4, 0.5) is 0 Å². The smallest absolute Gasteiger partial charge is 0.305 e. The summed E-state index contributed by atoms with van der Waals surface area (Å²) in [5.41, 5.74) is 4.96. The van der Waals surface area contributed by atoms with Crippen LogP contribution in [0.5, 0.6) is 0 Å². The molecule has 2 aromatic carbocycles. The SMILES string of the molecule is CC(=O)Cc1c(Cc2ccccc2)ncn1Cc1ccc2sc(=O)[nH]c2c1. The molecule has 4 rings (SSSR count). The molecule has 0 unspecified atom stereocenters. The molecule has 0 saturated carbocycles. The van der Waals surface area contributed by atoms with Crippen molar-refractivity contribution in [2.24, 2.45) is 0 Å². The van der Waals surface area contributed by atoms with Crippen molar-refractivity contribution in [3.05, 3.63) is 87.0 Å². The van der Waals surface area contributed by atoms with Gasteiger partial charge in [0.15, 0.2) is 0 Å². The van der Waals surface area contributed by atoms with Gasteiger partial charge in [-0.3, -0.25) is 9.59 Å². The number of Topliss-reactive ketones (excluding diaryl/α,β-unsaturated/α-hetero) is 1. The number of thiazole rings is 1. The number of nitrogens with zero attached hydrogens (tertiary/aromatic N) is 2. The molecule has 27 heavy (non-hydrogen) atoms. The molecule has 0 aliphatic heterocycles. The van der Waals surface area contributed by atoms with E-state index in [0.29, 0.717) is 19.4 Å². The van der Waals surface area contributed by atoms with Crippen molar-refractivity contribution in [3.8, 4) is 0 Å². The second-order valence-corrected chi connectivity index (χ2v) is 7.67. The molecule has 4 aromatic rings. The van der Waals surface area contributed by atoms with Crippen molar-refractivity contribution < 1.29 is 4.79 Å². The van der Waals surface area contributed by atoms with Crippen molar-refractivity contribution >= 4 is 27.3 Å². The van der Waals surface area contributed by atoms with Crippen molar-refractivity contribution in [2.45, 2.75) is 26.3 Å². The topological polar surface area (TPSA) is 67.8 Å². The molecule has 2 heterocycles. The molecule has 2 aromatic heterocycles. The van der Waals surface area contributed by atoms with Crippen LogP contribution in [0.2, 0.25) is 0 Å². The maximum absolute atomic E-state index is 11.8. The predicted molar refractivity (Wildman–Crippen MR) is 107 cm³/mol. The summed E-state index contributed by atoms with van der Waals surface area (Å²) >= 11 is 1.21. The Bertz CT molecular complexity index is 1160. The number of rotatable bonds is 6. The van der Waals surface area contributed by atoms with E-state index in [4.69, 9.17) is 0 Å². The van der Waals surface area contributed by atoms with E-state index < -0.39 is 0 Å². The van der Waals surface area contributed by atoms with Crippen LogP contribution in [0.25, 0.3) is 10.2 Å². The van der Waals surface area contributed by atoms with Gasteiger partial charge in [0.25, 0.3) is 0 Å². The first-order valence-electron chi connectivity index (χ1n) is 8.76. The molecule has 0 atom stereocenters. The zero-order chi connectivity index (χ0) is 18.8. The van der Waals surface area contributed by atoms with Crippen molar-refractivity contribution in [1.82, 2.24) is 14.5 Å². The minimum absolute atomic E-state index is 0.0489. The number of imidazole rings is 1. The lowest BCUT2D eigenvalue weighted by atomic mass is 10.1. The van der Waals surface area contributed by atoms with Crippen LogP contribution in [0.15, 0.2) is 59.7 Å². The molecule has 5 nitrogen and oxygen atoms in total. The first kappa shape index (κ1) is 17.4. The highest BCUT2D eigenvalue weighted by atomic mass is 32.1. The first-order chi connectivity index (χ1) is 13.1. The van der Waals surface area contributed by atoms with Crippen LogP contribution in [0.3, 0.4) is 0 Å². The predicted octanol–water partition coefficient (Wildman–Crippen LogP) is 3.56. The van der Waals surface area contributed by atoms with Crippen LogP contribution in [0, 0.1) is 0 Å². The Labute approximate surface area is 160 Å². The lowest BCUT2D eigenvalue weighted by Crippen LogP contribution is -2.09. The van der Waals surface area contributed by atoms with Crippen LogP contribution in [-0.2, 0) is 24.2 Å². The molecule has 0 amide bonds. The van der Waals surface area contributed by atoms with Gasteiger partial charge in [0.1, 0.15) is 5.78 Å². The Balaban J connectivity index is 1.66. The maximum Gasteiger partial charge on any atom is 0.305 e. The summed E-state index contributed by atoms with van der Waals surface area (Å²) in [4.78, 5) is 30.7. The standard InChI is InChI=1S/C21H19N3O2S/c1-14(25)9-19-17(10-15-5-3-2-4-6-15)22-13-24(19)12-16-7-8-20-18(11-16)23-21(26)27-20/h2-8,11,13H,9-10,12H2,1H3,(H,23,26). The number of ketones is 1.